The highest BCUT2D eigenvalue weighted by Gasteiger charge is 2.22. The molecule has 1 N–H and O–H groups in total. The molecule has 1 aliphatic heterocycles. The summed E-state index contributed by atoms with van der Waals surface area (Å²) in [7, 11) is 0. The molecule has 0 saturated carbocycles. The number of nitrogens with one attached hydrogen (secondary N) is 1. The van der Waals surface area contributed by atoms with Crippen molar-refractivity contribution in [1.82, 2.24) is 10.2 Å². The Labute approximate surface area is 94.4 Å². The monoisotopic (exact) mass is 208 g/mol. The van der Waals surface area contributed by atoms with Crippen LogP contribution < -0.4 is 5.32 Å². The quantitative estimate of drug-likeness (QED) is 0.694. The van der Waals surface area contributed by atoms with E-state index in [0.29, 0.717) is 6.04 Å². The minimum Gasteiger partial charge on any atom is -0.314 e. The Hall–Kier alpha value is -0.520. The Morgan fingerprint density at radius 3 is 2.53 bits per heavy atom. The Balaban J connectivity index is 2.32. The van der Waals surface area contributed by atoms with Crippen LogP contribution in [0.2, 0.25) is 0 Å². The van der Waals surface area contributed by atoms with Crippen LogP contribution >= 0.6 is 0 Å². The molecule has 0 aromatic carbocycles. The molecule has 1 unspecified atom stereocenters. The number of hydrogen-bond donors (Lipinski definition) is 1. The summed E-state index contributed by atoms with van der Waals surface area (Å²) in [5, 5.41) is 3.53. The zero-order chi connectivity index (χ0) is 11.1. The second kappa shape index (κ2) is 6.87. The van der Waals surface area contributed by atoms with Crippen LogP contribution in [0.25, 0.3) is 0 Å². The molecule has 0 radical (unpaired) electrons. The number of terminal acetylenes is 1. The van der Waals surface area contributed by atoms with E-state index in [1.807, 2.05) is 0 Å². The van der Waals surface area contributed by atoms with Crippen molar-refractivity contribution in [2.24, 2.45) is 0 Å². The first-order valence-corrected chi connectivity index (χ1v) is 6.22. The van der Waals surface area contributed by atoms with Crippen molar-refractivity contribution in [3.8, 4) is 12.3 Å². The average Bonchev–Trinajstić information content (AvgIpc) is 2.28. The predicted molar refractivity (Wildman–Crippen MR) is 65.8 cm³/mol. The van der Waals surface area contributed by atoms with Gasteiger partial charge in [-0.2, -0.15) is 0 Å². The maximum Gasteiger partial charge on any atom is 0.0242 e. The number of rotatable bonds is 5. The molecule has 2 nitrogen and oxygen atoms in total. The van der Waals surface area contributed by atoms with Gasteiger partial charge in [0, 0.05) is 18.5 Å². The minimum absolute atomic E-state index is 0.609. The second-order valence-corrected chi connectivity index (χ2v) is 4.34. The van der Waals surface area contributed by atoms with Gasteiger partial charge in [0.05, 0.1) is 0 Å². The molecule has 1 atom stereocenters. The molecule has 15 heavy (non-hydrogen) atoms. The van der Waals surface area contributed by atoms with Crippen molar-refractivity contribution < 1.29 is 0 Å². The van der Waals surface area contributed by atoms with Crippen LogP contribution in [-0.2, 0) is 0 Å². The van der Waals surface area contributed by atoms with Crippen molar-refractivity contribution in [1.29, 1.82) is 0 Å². The number of nitrogens with zero attached hydrogens (tertiary/aromatic N) is 1. The van der Waals surface area contributed by atoms with Crippen molar-refractivity contribution in [3.05, 3.63) is 0 Å². The Morgan fingerprint density at radius 2 is 2.07 bits per heavy atom. The van der Waals surface area contributed by atoms with E-state index in [4.69, 9.17) is 6.42 Å². The third kappa shape index (κ3) is 3.85. The van der Waals surface area contributed by atoms with E-state index >= 15 is 0 Å². The van der Waals surface area contributed by atoms with Gasteiger partial charge in [0.25, 0.3) is 0 Å². The number of piperidine rings is 1. The van der Waals surface area contributed by atoms with Gasteiger partial charge in [-0.15, -0.1) is 12.3 Å². The normalized spacial score (nSPS) is 21.1. The third-order valence-electron chi connectivity index (χ3n) is 3.36. The lowest BCUT2D eigenvalue weighted by Gasteiger charge is -2.36. The summed E-state index contributed by atoms with van der Waals surface area (Å²) in [6.45, 7) is 7.92. The van der Waals surface area contributed by atoms with E-state index in [1.54, 1.807) is 0 Å². The SMILES string of the molecule is C#CCC(CC)N1CCC(NCC)CC1. The van der Waals surface area contributed by atoms with E-state index in [2.05, 4.69) is 30.0 Å². The van der Waals surface area contributed by atoms with Crippen molar-refractivity contribution in [2.45, 2.75) is 51.6 Å². The first kappa shape index (κ1) is 12.5. The Morgan fingerprint density at radius 1 is 1.40 bits per heavy atom. The van der Waals surface area contributed by atoms with Gasteiger partial charge in [0.15, 0.2) is 0 Å². The van der Waals surface area contributed by atoms with E-state index in [1.165, 1.54) is 32.4 Å². The second-order valence-electron chi connectivity index (χ2n) is 4.34. The van der Waals surface area contributed by atoms with E-state index in [0.717, 1.165) is 19.0 Å². The lowest BCUT2D eigenvalue weighted by molar-refractivity contribution is 0.142. The number of likely N-dealkylation sites (tertiary alicyclic amines) is 1. The van der Waals surface area contributed by atoms with Gasteiger partial charge in [-0.3, -0.25) is 4.90 Å². The maximum atomic E-state index is 5.40. The molecule has 0 aromatic rings. The first-order valence-electron chi connectivity index (χ1n) is 6.22. The molecule has 0 amide bonds. The summed E-state index contributed by atoms with van der Waals surface area (Å²) in [5.41, 5.74) is 0. The molecule has 0 spiro atoms. The molecule has 86 valence electrons. The third-order valence-corrected chi connectivity index (χ3v) is 3.36. The molecule has 0 aromatic heterocycles. The van der Waals surface area contributed by atoms with Gasteiger partial charge in [0.1, 0.15) is 0 Å². The molecule has 1 rings (SSSR count). The highest BCUT2D eigenvalue weighted by atomic mass is 15.2. The van der Waals surface area contributed by atoms with Crippen LogP contribution in [0.1, 0.15) is 39.5 Å². The molecule has 2 heteroatoms. The molecular weight excluding hydrogens is 184 g/mol. The standard InChI is InChI=1S/C13H24N2/c1-4-7-13(5-2)15-10-8-12(9-11-15)14-6-3/h1,12-14H,5-11H2,2-3H3. The van der Waals surface area contributed by atoms with Gasteiger partial charge < -0.3 is 5.32 Å². The maximum absolute atomic E-state index is 5.40. The molecule has 0 aliphatic carbocycles. The summed E-state index contributed by atoms with van der Waals surface area (Å²) in [4.78, 5) is 2.56. The zero-order valence-corrected chi connectivity index (χ0v) is 10.1. The van der Waals surface area contributed by atoms with Crippen LogP contribution in [0.3, 0.4) is 0 Å². The van der Waals surface area contributed by atoms with Gasteiger partial charge in [-0.1, -0.05) is 13.8 Å². The highest BCUT2D eigenvalue weighted by molar-refractivity contribution is 4.91. The highest BCUT2D eigenvalue weighted by Crippen LogP contribution is 2.16. The summed E-state index contributed by atoms with van der Waals surface area (Å²) in [5.74, 6) is 2.80. The predicted octanol–water partition coefficient (Wildman–Crippen LogP) is 1.86. The van der Waals surface area contributed by atoms with Gasteiger partial charge in [-0.25, -0.2) is 0 Å². The molecule has 1 saturated heterocycles. The van der Waals surface area contributed by atoms with E-state index < -0.39 is 0 Å². The smallest absolute Gasteiger partial charge is 0.0242 e. The van der Waals surface area contributed by atoms with Crippen molar-refractivity contribution in [2.75, 3.05) is 19.6 Å². The topological polar surface area (TPSA) is 15.3 Å². The Bertz CT molecular complexity index is 199. The number of hydrogen-bond acceptors (Lipinski definition) is 2. The van der Waals surface area contributed by atoms with Gasteiger partial charge in [-0.05, 0) is 38.9 Å². The molecular formula is C13H24N2. The lowest BCUT2D eigenvalue weighted by atomic mass is 10.0. The first-order chi connectivity index (χ1) is 7.31. The summed E-state index contributed by atoms with van der Waals surface area (Å²) >= 11 is 0. The van der Waals surface area contributed by atoms with E-state index in [-0.39, 0.29) is 0 Å². The fourth-order valence-corrected chi connectivity index (χ4v) is 2.43. The van der Waals surface area contributed by atoms with Gasteiger partial charge >= 0.3 is 0 Å². The molecule has 1 heterocycles. The van der Waals surface area contributed by atoms with Gasteiger partial charge in [0.2, 0.25) is 0 Å². The van der Waals surface area contributed by atoms with Crippen molar-refractivity contribution >= 4 is 0 Å². The zero-order valence-electron chi connectivity index (χ0n) is 10.1. The Kier molecular flexibility index (Phi) is 5.75. The fourth-order valence-electron chi connectivity index (χ4n) is 2.43. The summed E-state index contributed by atoms with van der Waals surface area (Å²) in [6, 6.07) is 1.34. The van der Waals surface area contributed by atoms with Crippen LogP contribution in [0, 0.1) is 12.3 Å². The summed E-state index contributed by atoms with van der Waals surface area (Å²) < 4.78 is 0. The van der Waals surface area contributed by atoms with Crippen LogP contribution in [0.4, 0.5) is 0 Å². The molecule has 0 bridgehead atoms. The largest absolute Gasteiger partial charge is 0.314 e. The van der Waals surface area contributed by atoms with E-state index in [9.17, 15) is 0 Å². The minimum atomic E-state index is 0.609. The average molecular weight is 208 g/mol. The fraction of sp³-hybridized carbons (Fsp3) is 0.846. The van der Waals surface area contributed by atoms with Crippen molar-refractivity contribution in [3.63, 3.8) is 0 Å². The van der Waals surface area contributed by atoms with Crippen LogP contribution in [0.5, 0.6) is 0 Å². The molecule has 1 aliphatic rings. The van der Waals surface area contributed by atoms with Crippen LogP contribution in [0.15, 0.2) is 0 Å². The molecule has 1 fully saturated rings. The summed E-state index contributed by atoms with van der Waals surface area (Å²) in [6.07, 6.45) is 10.0. The lowest BCUT2D eigenvalue weighted by Crippen LogP contribution is -2.46. The van der Waals surface area contributed by atoms with Crippen LogP contribution in [-0.4, -0.2) is 36.6 Å².